The van der Waals surface area contributed by atoms with E-state index in [1.165, 1.54) is 83.5 Å². The predicted molar refractivity (Wildman–Crippen MR) is 191 cm³/mol. The highest BCUT2D eigenvalue weighted by atomic mass is 31.2. The Kier molecular flexibility index (Phi) is 29.0. The quantitative estimate of drug-likeness (QED) is 0.0321. The Morgan fingerprint density at radius 2 is 1.22 bits per heavy atom. The SMILES string of the molecule is CCCCCC/C=C\CCCC(=O)NC(COP(=O)([O-])OCC[N+](C)(C)C)C(O)/C=C/CC/C=C/CCCCCCCCCCC. The number of phosphoric ester groups is 1. The highest BCUT2D eigenvalue weighted by molar-refractivity contribution is 7.45. The molecule has 0 aromatic carbocycles. The molecule has 3 unspecified atom stereocenters. The maximum atomic E-state index is 12.7. The molecule has 0 aliphatic heterocycles. The number of phosphoric acid groups is 1. The van der Waals surface area contributed by atoms with Crippen LogP contribution in [0.3, 0.4) is 0 Å². The molecule has 0 rings (SSSR count). The Hall–Kier alpha value is -1.28. The summed E-state index contributed by atoms with van der Waals surface area (Å²) < 4.78 is 23.0. The minimum atomic E-state index is -4.59. The van der Waals surface area contributed by atoms with Gasteiger partial charge in [-0.1, -0.05) is 121 Å². The van der Waals surface area contributed by atoms with Crippen LogP contribution in [0.1, 0.15) is 142 Å². The number of hydrogen-bond acceptors (Lipinski definition) is 6. The van der Waals surface area contributed by atoms with Crippen molar-refractivity contribution in [1.82, 2.24) is 5.32 Å². The lowest BCUT2D eigenvalue weighted by Gasteiger charge is -2.29. The van der Waals surface area contributed by atoms with Gasteiger partial charge in [0.1, 0.15) is 13.2 Å². The molecule has 0 aliphatic rings. The molecule has 0 saturated heterocycles. The van der Waals surface area contributed by atoms with Crippen LogP contribution >= 0.6 is 7.82 Å². The molecule has 0 aliphatic carbocycles. The van der Waals surface area contributed by atoms with Crippen LogP contribution < -0.4 is 10.2 Å². The third kappa shape index (κ3) is 31.3. The summed E-state index contributed by atoms with van der Waals surface area (Å²) in [6.07, 6.45) is 33.5. The summed E-state index contributed by atoms with van der Waals surface area (Å²) in [4.78, 5) is 25.0. The van der Waals surface area contributed by atoms with E-state index in [2.05, 4.69) is 43.5 Å². The molecule has 0 bridgehead atoms. The van der Waals surface area contributed by atoms with Gasteiger partial charge in [-0.3, -0.25) is 9.36 Å². The first kappa shape index (κ1) is 44.7. The summed E-state index contributed by atoms with van der Waals surface area (Å²) in [6.45, 7) is 4.53. The fourth-order valence-corrected chi connectivity index (χ4v) is 5.54. The van der Waals surface area contributed by atoms with Gasteiger partial charge in [-0.2, -0.15) is 0 Å². The molecule has 0 radical (unpaired) electrons. The number of unbranched alkanes of at least 4 members (excludes halogenated alkanes) is 15. The average molecular weight is 671 g/mol. The number of quaternary nitrogens is 1. The molecular weight excluding hydrogens is 599 g/mol. The van der Waals surface area contributed by atoms with Gasteiger partial charge in [0.15, 0.2) is 0 Å². The molecule has 3 atom stereocenters. The first-order chi connectivity index (χ1) is 22.0. The number of nitrogens with zero attached hydrogens (tertiary/aromatic N) is 1. The van der Waals surface area contributed by atoms with Crippen molar-refractivity contribution in [3.05, 3.63) is 36.5 Å². The van der Waals surface area contributed by atoms with E-state index in [0.29, 0.717) is 17.4 Å². The number of aliphatic hydroxyl groups is 1. The number of nitrogens with one attached hydrogen (secondary N) is 1. The van der Waals surface area contributed by atoms with Crippen LogP contribution in [0.4, 0.5) is 0 Å². The van der Waals surface area contributed by atoms with Gasteiger partial charge in [0.05, 0.1) is 39.9 Å². The molecule has 0 aromatic rings. The van der Waals surface area contributed by atoms with Gasteiger partial charge in [-0.15, -0.1) is 0 Å². The van der Waals surface area contributed by atoms with Crippen molar-refractivity contribution in [2.75, 3.05) is 40.9 Å². The molecule has 2 N–H and O–H groups in total. The summed E-state index contributed by atoms with van der Waals surface area (Å²) in [5, 5.41) is 13.6. The Morgan fingerprint density at radius 3 is 1.78 bits per heavy atom. The summed E-state index contributed by atoms with van der Waals surface area (Å²) in [5.41, 5.74) is 0. The van der Waals surface area contributed by atoms with Gasteiger partial charge in [-0.25, -0.2) is 0 Å². The van der Waals surface area contributed by atoms with Crippen LogP contribution in [0.25, 0.3) is 0 Å². The van der Waals surface area contributed by atoms with Crippen molar-refractivity contribution >= 4 is 13.7 Å². The third-order valence-corrected chi connectivity index (χ3v) is 8.79. The molecule has 46 heavy (non-hydrogen) atoms. The maximum absolute atomic E-state index is 12.7. The van der Waals surface area contributed by atoms with E-state index in [9.17, 15) is 19.4 Å². The topological polar surface area (TPSA) is 108 Å². The number of amides is 1. The zero-order chi connectivity index (χ0) is 34.4. The number of carbonyl (C=O) groups excluding carboxylic acids is 1. The fraction of sp³-hybridized carbons (Fsp3) is 0.811. The van der Waals surface area contributed by atoms with E-state index in [-0.39, 0.29) is 18.9 Å². The molecule has 8 nitrogen and oxygen atoms in total. The second-order valence-corrected chi connectivity index (χ2v) is 15.0. The van der Waals surface area contributed by atoms with E-state index in [1.807, 2.05) is 27.2 Å². The van der Waals surface area contributed by atoms with Gasteiger partial charge in [0.2, 0.25) is 5.91 Å². The highest BCUT2D eigenvalue weighted by Gasteiger charge is 2.23. The zero-order valence-corrected chi connectivity index (χ0v) is 31.2. The molecule has 9 heteroatoms. The molecule has 0 aromatic heterocycles. The molecule has 0 heterocycles. The van der Waals surface area contributed by atoms with E-state index in [4.69, 9.17) is 9.05 Å². The Bertz CT molecular complexity index is 855. The Labute approximate surface area is 283 Å². The maximum Gasteiger partial charge on any atom is 0.268 e. The molecule has 1 amide bonds. The second-order valence-electron chi connectivity index (χ2n) is 13.6. The van der Waals surface area contributed by atoms with Gasteiger partial charge in [-0.05, 0) is 51.4 Å². The fourth-order valence-electron chi connectivity index (χ4n) is 4.82. The lowest BCUT2D eigenvalue weighted by molar-refractivity contribution is -0.870. The van der Waals surface area contributed by atoms with Crippen molar-refractivity contribution in [3.63, 3.8) is 0 Å². The standard InChI is InChI=1S/C37H71N2O6P/c1-6-8-10-12-14-16-17-18-19-20-21-23-24-26-28-30-36(40)35(34-45-46(42,43)44-33-32-39(3,4)5)38-37(41)31-29-27-25-22-15-13-11-9-7-2/h21-23,25,28,30,35-36,40H,6-20,24,26-27,29,31-34H2,1-5H3,(H-,38,41,42,43)/b23-21+,25-22-,30-28+. The first-order valence-electron chi connectivity index (χ1n) is 18.4. The van der Waals surface area contributed by atoms with E-state index in [0.717, 1.165) is 32.1 Å². The Morgan fingerprint density at radius 1 is 0.739 bits per heavy atom. The first-order valence-corrected chi connectivity index (χ1v) is 19.8. The number of carbonyl (C=O) groups is 1. The van der Waals surface area contributed by atoms with Crippen LogP contribution in [-0.4, -0.2) is 68.5 Å². The average Bonchev–Trinajstić information content (AvgIpc) is 2.99. The lowest BCUT2D eigenvalue weighted by Crippen LogP contribution is -2.45. The van der Waals surface area contributed by atoms with Crippen molar-refractivity contribution in [2.24, 2.45) is 0 Å². The minimum absolute atomic E-state index is 0.0114. The Balaban J connectivity index is 4.65. The second kappa shape index (κ2) is 29.8. The number of rotatable bonds is 32. The minimum Gasteiger partial charge on any atom is -0.756 e. The van der Waals surface area contributed by atoms with Gasteiger partial charge in [0, 0.05) is 6.42 Å². The largest absolute Gasteiger partial charge is 0.756 e. The molecule has 0 fully saturated rings. The van der Waals surface area contributed by atoms with Crippen LogP contribution in [-0.2, 0) is 18.4 Å². The molecular formula is C37H71N2O6P. The van der Waals surface area contributed by atoms with Crippen LogP contribution in [0, 0.1) is 0 Å². The normalized spacial score (nSPS) is 15.2. The van der Waals surface area contributed by atoms with E-state index in [1.54, 1.807) is 6.08 Å². The summed E-state index contributed by atoms with van der Waals surface area (Å²) in [7, 11) is 1.22. The van der Waals surface area contributed by atoms with Crippen molar-refractivity contribution < 1.29 is 32.9 Å². The molecule has 0 saturated carbocycles. The van der Waals surface area contributed by atoms with Gasteiger partial charge in [0.25, 0.3) is 7.82 Å². The summed E-state index contributed by atoms with van der Waals surface area (Å²) >= 11 is 0. The third-order valence-electron chi connectivity index (χ3n) is 7.82. The monoisotopic (exact) mass is 671 g/mol. The highest BCUT2D eigenvalue weighted by Crippen LogP contribution is 2.38. The van der Waals surface area contributed by atoms with Crippen molar-refractivity contribution in [2.45, 2.75) is 154 Å². The van der Waals surface area contributed by atoms with Crippen LogP contribution in [0.5, 0.6) is 0 Å². The van der Waals surface area contributed by atoms with Crippen LogP contribution in [0.15, 0.2) is 36.5 Å². The van der Waals surface area contributed by atoms with E-state index >= 15 is 0 Å². The van der Waals surface area contributed by atoms with Crippen molar-refractivity contribution in [1.29, 1.82) is 0 Å². The van der Waals surface area contributed by atoms with E-state index < -0.39 is 26.6 Å². The van der Waals surface area contributed by atoms with Crippen molar-refractivity contribution in [3.8, 4) is 0 Å². The van der Waals surface area contributed by atoms with Gasteiger partial charge >= 0.3 is 0 Å². The molecule has 0 spiro atoms. The van der Waals surface area contributed by atoms with Gasteiger partial charge < -0.3 is 28.8 Å². The van der Waals surface area contributed by atoms with Crippen LogP contribution in [0.2, 0.25) is 0 Å². The number of hydrogen-bond donors (Lipinski definition) is 2. The number of allylic oxidation sites excluding steroid dienone is 5. The lowest BCUT2D eigenvalue weighted by atomic mass is 10.1. The number of likely N-dealkylation sites (N-methyl/N-ethyl adjacent to an activating group) is 1. The number of aliphatic hydroxyl groups excluding tert-OH is 1. The predicted octanol–water partition coefficient (Wildman–Crippen LogP) is 8.55. The molecule has 270 valence electrons. The summed E-state index contributed by atoms with van der Waals surface area (Å²) in [6, 6.07) is -0.913. The summed E-state index contributed by atoms with van der Waals surface area (Å²) in [5.74, 6) is -0.247. The zero-order valence-electron chi connectivity index (χ0n) is 30.3. The smallest absolute Gasteiger partial charge is 0.268 e.